The topological polar surface area (TPSA) is 94.8 Å². The van der Waals surface area contributed by atoms with Gasteiger partial charge in [0.25, 0.3) is 11.7 Å². The van der Waals surface area contributed by atoms with Gasteiger partial charge in [-0.1, -0.05) is 17.7 Å². The summed E-state index contributed by atoms with van der Waals surface area (Å²) in [5, 5.41) is 10.9. The van der Waals surface area contributed by atoms with Crippen LogP contribution in [0.2, 0.25) is 0 Å². The van der Waals surface area contributed by atoms with Gasteiger partial charge in [-0.25, -0.2) is 0 Å². The van der Waals surface area contributed by atoms with Crippen molar-refractivity contribution in [1.82, 2.24) is 4.98 Å². The molecule has 0 N–H and O–H groups in total. The van der Waals surface area contributed by atoms with E-state index in [9.17, 15) is 14.9 Å². The first-order chi connectivity index (χ1) is 12.0. The smallest absolute Gasteiger partial charge is 0.366 e. The molecule has 2 heterocycles. The van der Waals surface area contributed by atoms with Crippen LogP contribution in [0.25, 0.3) is 0 Å². The number of aryl methyl sites for hydroxylation is 1. The van der Waals surface area contributed by atoms with Crippen LogP contribution >= 0.6 is 0 Å². The number of hydrogen-bond acceptors (Lipinski definition) is 6. The third-order valence-electron chi connectivity index (χ3n) is 3.79. The Morgan fingerprint density at radius 2 is 2.00 bits per heavy atom. The molecule has 2 aromatic rings. The van der Waals surface area contributed by atoms with Crippen LogP contribution in [0.15, 0.2) is 36.4 Å². The summed E-state index contributed by atoms with van der Waals surface area (Å²) >= 11 is 0. The zero-order chi connectivity index (χ0) is 18.0. The molecule has 1 amide bonds. The van der Waals surface area contributed by atoms with Gasteiger partial charge in [0.05, 0.1) is 6.54 Å². The lowest BCUT2D eigenvalue weighted by atomic mass is 10.2. The van der Waals surface area contributed by atoms with Crippen LogP contribution in [0.5, 0.6) is 11.5 Å². The Morgan fingerprint density at radius 1 is 1.28 bits per heavy atom. The molecule has 8 nitrogen and oxygen atoms in total. The van der Waals surface area contributed by atoms with E-state index in [0.29, 0.717) is 11.5 Å². The van der Waals surface area contributed by atoms with Gasteiger partial charge in [0.15, 0.2) is 11.9 Å². The van der Waals surface area contributed by atoms with Crippen molar-refractivity contribution in [2.75, 3.05) is 18.1 Å². The summed E-state index contributed by atoms with van der Waals surface area (Å²) in [6.45, 7) is 4.04. The molecule has 0 spiro atoms. The van der Waals surface area contributed by atoms with Gasteiger partial charge in [0.1, 0.15) is 12.4 Å². The molecule has 8 heteroatoms. The average Bonchev–Trinajstić information content (AvgIpc) is 2.59. The van der Waals surface area contributed by atoms with Crippen molar-refractivity contribution in [3.05, 3.63) is 52.1 Å². The molecular weight excluding hydrogens is 326 g/mol. The molecule has 0 aliphatic carbocycles. The highest BCUT2D eigenvalue weighted by molar-refractivity contribution is 5.98. The number of ether oxygens (including phenoxy) is 2. The summed E-state index contributed by atoms with van der Waals surface area (Å²) in [6, 6.07) is 10.3. The van der Waals surface area contributed by atoms with Gasteiger partial charge in [-0.05, 0) is 42.0 Å². The van der Waals surface area contributed by atoms with E-state index in [2.05, 4.69) is 4.98 Å². The van der Waals surface area contributed by atoms with E-state index in [1.807, 2.05) is 31.2 Å². The van der Waals surface area contributed by atoms with E-state index in [0.717, 1.165) is 5.56 Å². The number of nitrogens with zero attached hydrogens (tertiary/aromatic N) is 3. The van der Waals surface area contributed by atoms with Crippen LogP contribution in [-0.2, 0) is 4.79 Å². The third kappa shape index (κ3) is 3.52. The van der Waals surface area contributed by atoms with E-state index < -0.39 is 11.0 Å². The Balaban J connectivity index is 1.77. The zero-order valence-corrected chi connectivity index (χ0v) is 13.8. The zero-order valence-electron chi connectivity index (χ0n) is 13.8. The normalized spacial score (nSPS) is 16.2. The molecule has 130 valence electrons. The first kappa shape index (κ1) is 16.7. The number of fused-ring (bicyclic) bond motifs is 1. The summed E-state index contributed by atoms with van der Waals surface area (Å²) in [6.07, 6.45) is -0.685. The predicted molar refractivity (Wildman–Crippen MR) is 90.0 cm³/mol. The first-order valence-corrected chi connectivity index (χ1v) is 7.78. The van der Waals surface area contributed by atoms with Gasteiger partial charge < -0.3 is 19.6 Å². The number of amides is 1. The van der Waals surface area contributed by atoms with Crippen LogP contribution in [0, 0.1) is 17.0 Å². The highest BCUT2D eigenvalue weighted by atomic mass is 16.6. The van der Waals surface area contributed by atoms with Gasteiger partial charge in [0, 0.05) is 6.07 Å². The quantitative estimate of drug-likeness (QED) is 0.611. The largest absolute Gasteiger partial charge is 0.492 e. The number of hydrogen-bond donors (Lipinski definition) is 0. The van der Waals surface area contributed by atoms with Crippen molar-refractivity contribution in [2.24, 2.45) is 0 Å². The molecule has 0 radical (unpaired) electrons. The molecule has 1 aromatic heterocycles. The Labute approximate surface area is 144 Å². The molecule has 0 fully saturated rings. The molecule has 1 aliphatic rings. The summed E-state index contributed by atoms with van der Waals surface area (Å²) in [7, 11) is 0. The number of carbonyl (C=O) groups is 1. The Morgan fingerprint density at radius 3 is 2.68 bits per heavy atom. The molecule has 0 bridgehead atoms. The lowest BCUT2D eigenvalue weighted by Gasteiger charge is -2.29. The minimum Gasteiger partial charge on any atom is -0.492 e. The minimum atomic E-state index is -0.685. The highest BCUT2D eigenvalue weighted by Crippen LogP contribution is 2.33. The van der Waals surface area contributed by atoms with Gasteiger partial charge in [-0.3, -0.25) is 9.69 Å². The predicted octanol–water partition coefficient (Wildman–Crippen LogP) is 2.49. The van der Waals surface area contributed by atoms with E-state index in [1.54, 1.807) is 6.92 Å². The fraction of sp³-hybridized carbons (Fsp3) is 0.294. The van der Waals surface area contributed by atoms with Crippen LogP contribution in [0.3, 0.4) is 0 Å². The number of benzene rings is 1. The lowest BCUT2D eigenvalue weighted by molar-refractivity contribution is -0.389. The molecule has 1 atom stereocenters. The second-order valence-electron chi connectivity index (χ2n) is 5.66. The molecule has 25 heavy (non-hydrogen) atoms. The van der Waals surface area contributed by atoms with Crippen LogP contribution in [-0.4, -0.2) is 35.1 Å². The number of aromatic nitrogens is 1. The fourth-order valence-corrected chi connectivity index (χ4v) is 2.48. The number of carbonyl (C=O) groups excluding carboxylic acids is 1. The lowest BCUT2D eigenvalue weighted by Crippen LogP contribution is -2.46. The Hall–Kier alpha value is -3.16. The van der Waals surface area contributed by atoms with E-state index in [-0.39, 0.29) is 30.7 Å². The summed E-state index contributed by atoms with van der Waals surface area (Å²) < 4.78 is 11.1. The Bertz CT molecular complexity index is 806. The van der Waals surface area contributed by atoms with Crippen molar-refractivity contribution in [1.29, 1.82) is 0 Å². The van der Waals surface area contributed by atoms with Gasteiger partial charge in [-0.15, -0.1) is 0 Å². The summed E-state index contributed by atoms with van der Waals surface area (Å²) in [5.41, 5.74) is 1.12. The highest BCUT2D eigenvalue weighted by Gasteiger charge is 2.36. The van der Waals surface area contributed by atoms with E-state index in [1.165, 1.54) is 17.0 Å². The van der Waals surface area contributed by atoms with Crippen LogP contribution in [0.4, 0.5) is 11.6 Å². The van der Waals surface area contributed by atoms with Crippen molar-refractivity contribution in [3.8, 4) is 11.5 Å². The van der Waals surface area contributed by atoms with E-state index >= 15 is 0 Å². The SMILES string of the molecule is Cc1ccc(OCCN2C(=O)C(C)Oc3ccc([N+](=O)[O-])nc32)cc1. The van der Waals surface area contributed by atoms with Crippen LogP contribution in [0.1, 0.15) is 12.5 Å². The second kappa shape index (κ2) is 6.76. The molecule has 0 saturated heterocycles. The molecule has 0 saturated carbocycles. The van der Waals surface area contributed by atoms with E-state index in [4.69, 9.17) is 9.47 Å². The van der Waals surface area contributed by atoms with Crippen LogP contribution < -0.4 is 14.4 Å². The second-order valence-corrected chi connectivity index (χ2v) is 5.66. The van der Waals surface area contributed by atoms with Crippen molar-refractivity contribution < 1.29 is 19.2 Å². The van der Waals surface area contributed by atoms with Crippen molar-refractivity contribution in [3.63, 3.8) is 0 Å². The first-order valence-electron chi connectivity index (χ1n) is 7.78. The van der Waals surface area contributed by atoms with Crippen molar-refractivity contribution in [2.45, 2.75) is 20.0 Å². The molecule has 1 aliphatic heterocycles. The van der Waals surface area contributed by atoms with Gasteiger partial charge >= 0.3 is 5.82 Å². The summed E-state index contributed by atoms with van der Waals surface area (Å²) in [5.74, 6) is 0.520. The number of nitro groups is 1. The average molecular weight is 343 g/mol. The fourth-order valence-electron chi connectivity index (χ4n) is 2.48. The van der Waals surface area contributed by atoms with Crippen molar-refractivity contribution >= 4 is 17.5 Å². The molecule has 1 aromatic carbocycles. The Kier molecular flexibility index (Phi) is 4.51. The maximum absolute atomic E-state index is 12.4. The summed E-state index contributed by atoms with van der Waals surface area (Å²) in [4.78, 5) is 28.0. The standard InChI is InChI=1S/C17H17N3O5/c1-11-3-5-13(6-4-11)24-10-9-19-16-14(25-12(2)17(19)21)7-8-15(18-16)20(22)23/h3-8,12H,9-10H2,1-2H3. The monoisotopic (exact) mass is 343 g/mol. The third-order valence-corrected chi connectivity index (χ3v) is 3.79. The number of anilines is 1. The molecule has 3 rings (SSSR count). The van der Waals surface area contributed by atoms with Gasteiger partial charge in [-0.2, -0.15) is 0 Å². The number of pyridine rings is 1. The molecule has 1 unspecified atom stereocenters. The maximum Gasteiger partial charge on any atom is 0.366 e. The van der Waals surface area contributed by atoms with Gasteiger partial charge in [0.2, 0.25) is 0 Å². The maximum atomic E-state index is 12.4. The number of rotatable bonds is 5. The minimum absolute atomic E-state index is 0.143. The molecular formula is C17H17N3O5.